The first-order valence-electron chi connectivity index (χ1n) is 9.84. The van der Waals surface area contributed by atoms with Crippen molar-refractivity contribution in [2.45, 2.75) is 70.3 Å². The summed E-state index contributed by atoms with van der Waals surface area (Å²) in [6.07, 6.45) is 5.68. The van der Waals surface area contributed by atoms with Gasteiger partial charge < -0.3 is 14.3 Å². The smallest absolute Gasteiger partial charge is 0.192 e. The highest BCUT2D eigenvalue weighted by Crippen LogP contribution is 2.50. The molecule has 2 fully saturated rings. The number of hydrogen-bond donors (Lipinski definition) is 1. The van der Waals surface area contributed by atoms with E-state index in [1.807, 2.05) is 11.6 Å². The van der Waals surface area contributed by atoms with Crippen LogP contribution >= 0.6 is 22.6 Å². The van der Waals surface area contributed by atoms with Gasteiger partial charge >= 0.3 is 0 Å². The van der Waals surface area contributed by atoms with Crippen LogP contribution in [-0.4, -0.2) is 40.0 Å². The van der Waals surface area contributed by atoms with Gasteiger partial charge in [0, 0.05) is 41.8 Å². The Morgan fingerprint density at radius 3 is 2.56 bits per heavy atom. The molecule has 148 valence electrons. The molecule has 2 bridgehead atoms. The number of imidazole rings is 1. The number of hydrogen-bond acceptors (Lipinski definition) is 5. The average Bonchev–Trinajstić information content (AvgIpc) is 3.21. The summed E-state index contributed by atoms with van der Waals surface area (Å²) in [5.74, 6) is 2.21. The Bertz CT molecular complexity index is 862. The second-order valence-corrected chi connectivity index (χ2v) is 15.5. The highest BCUT2D eigenvalue weighted by molar-refractivity contribution is 14.1. The Kier molecular flexibility index (Phi) is 4.82. The van der Waals surface area contributed by atoms with Gasteiger partial charge in [0.05, 0.1) is 0 Å². The van der Waals surface area contributed by atoms with Crippen molar-refractivity contribution >= 4 is 47.9 Å². The highest BCUT2D eigenvalue weighted by Gasteiger charge is 2.50. The van der Waals surface area contributed by atoms with E-state index in [1.165, 1.54) is 19.3 Å². The fourth-order valence-corrected chi connectivity index (χ4v) is 6.22. The van der Waals surface area contributed by atoms with Gasteiger partial charge in [-0.25, -0.2) is 15.0 Å². The van der Waals surface area contributed by atoms with E-state index in [1.54, 1.807) is 6.33 Å². The van der Waals surface area contributed by atoms with Gasteiger partial charge in [0.2, 0.25) is 0 Å². The molecule has 8 heteroatoms. The van der Waals surface area contributed by atoms with Crippen LogP contribution in [0.4, 0.5) is 5.82 Å². The van der Waals surface area contributed by atoms with E-state index in [2.05, 4.69) is 76.7 Å². The van der Waals surface area contributed by atoms with Crippen LogP contribution in [0.3, 0.4) is 0 Å². The molecule has 0 aromatic carbocycles. The monoisotopic (exact) mass is 499 g/mol. The molecular weight excluding hydrogens is 469 g/mol. The zero-order chi connectivity index (χ0) is 19.6. The summed E-state index contributed by atoms with van der Waals surface area (Å²) in [7, 11) is 0.296. The maximum atomic E-state index is 6.75. The molecule has 2 heterocycles. The molecule has 0 aliphatic heterocycles. The summed E-state index contributed by atoms with van der Waals surface area (Å²) in [5.41, 5.74) is 1.76. The summed E-state index contributed by atoms with van der Waals surface area (Å²) in [5, 5.41) is 3.97. The number of aromatic nitrogens is 4. The highest BCUT2D eigenvalue weighted by atomic mass is 127. The molecule has 1 N–H and O–H groups in total. The number of nitrogens with one attached hydrogen (secondary N) is 1. The summed E-state index contributed by atoms with van der Waals surface area (Å²) in [6.45, 7) is 11.7. The minimum absolute atomic E-state index is 0.273. The number of aryl methyl sites for hydroxylation is 1. The lowest BCUT2D eigenvalue weighted by atomic mass is 9.93. The molecule has 4 rings (SSSR count). The van der Waals surface area contributed by atoms with E-state index in [0.717, 1.165) is 20.8 Å². The van der Waals surface area contributed by atoms with Crippen molar-refractivity contribution < 1.29 is 4.43 Å². The minimum atomic E-state index is -1.70. The van der Waals surface area contributed by atoms with Crippen LogP contribution in [0.25, 0.3) is 11.2 Å². The minimum Gasteiger partial charge on any atom is -0.414 e. The summed E-state index contributed by atoms with van der Waals surface area (Å²) in [6, 6.07) is 0.465. The number of rotatable bonds is 4. The molecule has 2 aliphatic carbocycles. The Labute approximate surface area is 176 Å². The van der Waals surface area contributed by atoms with Crippen molar-refractivity contribution in [2.24, 2.45) is 18.9 Å². The quantitative estimate of drug-likeness (QED) is 0.380. The maximum Gasteiger partial charge on any atom is 0.192 e. The van der Waals surface area contributed by atoms with Crippen LogP contribution in [0.15, 0.2) is 6.33 Å². The average molecular weight is 499 g/mol. The third-order valence-corrected chi connectivity index (χ3v) is 12.4. The molecule has 6 nitrogen and oxygen atoms in total. The molecule has 0 spiro atoms. The van der Waals surface area contributed by atoms with E-state index in [4.69, 9.17) is 4.43 Å². The van der Waals surface area contributed by atoms with Crippen LogP contribution in [0, 0.1) is 15.7 Å². The fraction of sp³-hybridized carbons (Fsp3) is 0.737. The summed E-state index contributed by atoms with van der Waals surface area (Å²) < 4.78 is 9.69. The fourth-order valence-electron chi connectivity index (χ4n) is 4.35. The molecule has 0 amide bonds. The lowest BCUT2D eigenvalue weighted by Gasteiger charge is -2.41. The lowest BCUT2D eigenvalue weighted by molar-refractivity contribution is 0.118. The van der Waals surface area contributed by atoms with E-state index in [9.17, 15) is 0 Å². The second kappa shape index (κ2) is 6.65. The zero-order valence-electron chi connectivity index (χ0n) is 17.1. The maximum absolute atomic E-state index is 6.75. The SMILES string of the molecule is Cn1c(I)nc2c(N[C@H]3C[C@@H]4C[C@H]3C[C@@H]4O[Si](C)(C)C(C)(C)C)ncnc21. The Balaban J connectivity index is 1.46. The molecule has 0 saturated heterocycles. The second-order valence-electron chi connectivity index (χ2n) is 9.73. The third-order valence-electron chi connectivity index (χ3n) is 6.97. The number of fused-ring (bicyclic) bond motifs is 3. The molecule has 2 aliphatic rings. The Hall–Kier alpha value is -0.743. The van der Waals surface area contributed by atoms with Gasteiger partial charge in [-0.05, 0) is 49.2 Å². The number of anilines is 1. The predicted molar refractivity (Wildman–Crippen MR) is 119 cm³/mol. The first-order valence-corrected chi connectivity index (χ1v) is 13.8. The van der Waals surface area contributed by atoms with Crippen molar-refractivity contribution in [1.82, 2.24) is 19.5 Å². The number of nitrogens with zero attached hydrogens (tertiary/aromatic N) is 4. The van der Waals surface area contributed by atoms with Crippen molar-refractivity contribution in [3.05, 3.63) is 10.2 Å². The van der Waals surface area contributed by atoms with Gasteiger partial charge in [0.1, 0.15) is 6.33 Å². The predicted octanol–water partition coefficient (Wildman–Crippen LogP) is 4.57. The largest absolute Gasteiger partial charge is 0.414 e. The molecule has 2 aromatic heterocycles. The van der Waals surface area contributed by atoms with Gasteiger partial charge in [0.15, 0.2) is 29.1 Å². The van der Waals surface area contributed by atoms with Crippen LogP contribution < -0.4 is 5.32 Å². The van der Waals surface area contributed by atoms with Crippen LogP contribution in [0.1, 0.15) is 40.0 Å². The van der Waals surface area contributed by atoms with Gasteiger partial charge in [-0.1, -0.05) is 20.8 Å². The van der Waals surface area contributed by atoms with E-state index < -0.39 is 8.32 Å². The van der Waals surface area contributed by atoms with Crippen molar-refractivity contribution in [1.29, 1.82) is 0 Å². The van der Waals surface area contributed by atoms with Crippen molar-refractivity contribution in [3.8, 4) is 0 Å². The van der Waals surface area contributed by atoms with Crippen molar-refractivity contribution in [2.75, 3.05) is 5.32 Å². The molecular formula is C19H30IN5OSi. The standard InChI is InChI=1S/C19H30IN5OSi/c1-19(2,3)27(5,6)26-14-9-11-7-12(14)8-13(11)23-16-15-17(22-10-21-16)25(4)18(20)24-15/h10-14H,7-9H2,1-6H3,(H,21,22,23)/t11-,12-,13-,14-/m0/s1. The molecule has 4 atom stereocenters. The van der Waals surface area contributed by atoms with E-state index in [-0.39, 0.29) is 5.04 Å². The van der Waals surface area contributed by atoms with Crippen LogP contribution in [-0.2, 0) is 11.5 Å². The topological polar surface area (TPSA) is 64.9 Å². The van der Waals surface area contributed by atoms with Gasteiger partial charge in [-0.15, -0.1) is 0 Å². The Morgan fingerprint density at radius 2 is 1.93 bits per heavy atom. The van der Waals surface area contributed by atoms with E-state index in [0.29, 0.717) is 24.0 Å². The summed E-state index contributed by atoms with van der Waals surface area (Å²) >= 11 is 2.24. The first-order chi connectivity index (χ1) is 12.6. The molecule has 27 heavy (non-hydrogen) atoms. The zero-order valence-corrected chi connectivity index (χ0v) is 20.2. The lowest BCUT2D eigenvalue weighted by Crippen LogP contribution is -2.46. The van der Waals surface area contributed by atoms with Gasteiger partial charge in [-0.2, -0.15) is 0 Å². The van der Waals surface area contributed by atoms with Gasteiger partial charge in [-0.3, -0.25) is 0 Å². The van der Waals surface area contributed by atoms with E-state index >= 15 is 0 Å². The third kappa shape index (κ3) is 3.41. The molecule has 0 radical (unpaired) electrons. The molecule has 2 aromatic rings. The van der Waals surface area contributed by atoms with Crippen molar-refractivity contribution in [3.63, 3.8) is 0 Å². The normalized spacial score (nSPS) is 28.3. The molecule has 0 unspecified atom stereocenters. The van der Waals surface area contributed by atoms with Crippen LogP contribution in [0.5, 0.6) is 0 Å². The molecule has 2 saturated carbocycles. The Morgan fingerprint density at radius 1 is 1.19 bits per heavy atom. The number of halogens is 1. The van der Waals surface area contributed by atoms with Gasteiger partial charge in [0.25, 0.3) is 0 Å². The van der Waals surface area contributed by atoms with Crippen LogP contribution in [0.2, 0.25) is 18.1 Å². The first kappa shape index (κ1) is 19.6. The summed E-state index contributed by atoms with van der Waals surface area (Å²) in [4.78, 5) is 13.5.